The van der Waals surface area contributed by atoms with Crippen LogP contribution in [-0.2, 0) is 10.0 Å². The Balaban J connectivity index is 3.71. The van der Waals surface area contributed by atoms with Crippen molar-refractivity contribution in [2.24, 2.45) is 5.14 Å². The Labute approximate surface area is 107 Å². The number of sulfonamides is 1. The number of halogens is 3. The molecule has 5 nitrogen and oxygen atoms in total. The van der Waals surface area contributed by atoms with Crippen LogP contribution in [-0.4, -0.2) is 33.3 Å². The zero-order chi connectivity index (χ0) is 14.2. The van der Waals surface area contributed by atoms with Gasteiger partial charge in [0, 0.05) is 14.1 Å². The molecule has 1 amide bonds. The van der Waals surface area contributed by atoms with Crippen LogP contribution >= 0.6 is 11.6 Å². The third-order valence-corrected chi connectivity index (χ3v) is 3.49. The third kappa shape index (κ3) is 2.60. The summed E-state index contributed by atoms with van der Waals surface area (Å²) >= 11 is 5.60. The van der Waals surface area contributed by atoms with Gasteiger partial charge in [-0.2, -0.15) is 0 Å². The van der Waals surface area contributed by atoms with Crippen molar-refractivity contribution >= 4 is 27.5 Å². The predicted molar refractivity (Wildman–Crippen MR) is 60.8 cm³/mol. The minimum atomic E-state index is -4.59. The van der Waals surface area contributed by atoms with E-state index in [1.54, 1.807) is 0 Å². The Hall–Kier alpha value is -1.25. The maximum atomic E-state index is 13.4. The van der Waals surface area contributed by atoms with E-state index in [1.165, 1.54) is 14.1 Å². The van der Waals surface area contributed by atoms with E-state index < -0.39 is 43.0 Å². The minimum Gasteiger partial charge on any atom is -0.345 e. The fourth-order valence-electron chi connectivity index (χ4n) is 1.23. The molecule has 0 saturated heterocycles. The quantitative estimate of drug-likeness (QED) is 0.826. The van der Waals surface area contributed by atoms with Crippen molar-refractivity contribution in [3.8, 4) is 0 Å². The molecule has 0 aromatic heterocycles. The summed E-state index contributed by atoms with van der Waals surface area (Å²) in [7, 11) is -1.90. The van der Waals surface area contributed by atoms with Gasteiger partial charge in [0.15, 0.2) is 11.6 Å². The van der Waals surface area contributed by atoms with Gasteiger partial charge in [-0.1, -0.05) is 11.6 Å². The molecule has 0 heterocycles. The van der Waals surface area contributed by atoms with Crippen LogP contribution in [0.2, 0.25) is 5.02 Å². The normalized spacial score (nSPS) is 11.4. The van der Waals surface area contributed by atoms with Gasteiger partial charge in [0.25, 0.3) is 5.91 Å². The SMILES string of the molecule is CN(C)C(=O)c1cc(F)c(F)c(S(N)(=O)=O)c1Cl. The van der Waals surface area contributed by atoms with Crippen molar-refractivity contribution in [1.82, 2.24) is 4.90 Å². The molecule has 0 saturated carbocycles. The van der Waals surface area contributed by atoms with Gasteiger partial charge in [0.05, 0.1) is 10.6 Å². The molecular weight excluding hydrogens is 290 g/mol. The van der Waals surface area contributed by atoms with Crippen molar-refractivity contribution < 1.29 is 22.0 Å². The molecule has 0 bridgehead atoms. The first-order valence-electron chi connectivity index (χ1n) is 4.49. The lowest BCUT2D eigenvalue weighted by molar-refractivity contribution is 0.0827. The highest BCUT2D eigenvalue weighted by molar-refractivity contribution is 7.89. The van der Waals surface area contributed by atoms with Gasteiger partial charge in [-0.15, -0.1) is 0 Å². The van der Waals surface area contributed by atoms with E-state index in [4.69, 9.17) is 16.7 Å². The first-order valence-corrected chi connectivity index (χ1v) is 6.41. The maximum Gasteiger partial charge on any atom is 0.255 e. The topological polar surface area (TPSA) is 80.5 Å². The summed E-state index contributed by atoms with van der Waals surface area (Å²) in [4.78, 5) is 11.4. The highest BCUT2D eigenvalue weighted by atomic mass is 35.5. The van der Waals surface area contributed by atoms with Gasteiger partial charge in [0.2, 0.25) is 10.0 Å². The Morgan fingerprint density at radius 1 is 1.39 bits per heavy atom. The summed E-state index contributed by atoms with van der Waals surface area (Å²) in [5, 5.41) is 3.99. The predicted octanol–water partition coefficient (Wildman–Crippen LogP) is 0.967. The molecular formula is C9H9ClF2N2O3S. The van der Waals surface area contributed by atoms with Crippen molar-refractivity contribution in [1.29, 1.82) is 0 Å². The lowest BCUT2D eigenvalue weighted by Gasteiger charge is -2.14. The van der Waals surface area contributed by atoms with Crippen LogP contribution in [0.1, 0.15) is 10.4 Å². The van der Waals surface area contributed by atoms with Crippen LogP contribution in [0.5, 0.6) is 0 Å². The first kappa shape index (κ1) is 14.8. The second-order valence-electron chi connectivity index (χ2n) is 3.61. The first-order chi connectivity index (χ1) is 8.07. The number of rotatable bonds is 2. The molecule has 0 aliphatic rings. The monoisotopic (exact) mass is 298 g/mol. The van der Waals surface area contributed by atoms with Gasteiger partial charge in [-0.05, 0) is 6.07 Å². The van der Waals surface area contributed by atoms with E-state index in [-0.39, 0.29) is 0 Å². The standard InChI is InChI=1S/C9H9ClF2N2O3S/c1-14(2)9(15)4-3-5(11)7(12)8(6(4)10)18(13,16)17/h3H,1-2H3,(H2,13,16,17). The fraction of sp³-hybridized carbons (Fsp3) is 0.222. The van der Waals surface area contributed by atoms with Gasteiger partial charge in [-0.3, -0.25) is 4.79 Å². The van der Waals surface area contributed by atoms with Gasteiger partial charge >= 0.3 is 0 Å². The summed E-state index contributed by atoms with van der Waals surface area (Å²) in [6, 6.07) is 0.522. The summed E-state index contributed by atoms with van der Waals surface area (Å²) in [5.41, 5.74) is -0.482. The van der Waals surface area contributed by atoms with Crippen molar-refractivity contribution in [3.63, 3.8) is 0 Å². The number of primary sulfonamides is 1. The molecule has 0 unspecified atom stereocenters. The number of hydrogen-bond donors (Lipinski definition) is 1. The Morgan fingerprint density at radius 2 is 1.89 bits per heavy atom. The minimum absolute atomic E-state index is 0.482. The van der Waals surface area contributed by atoms with Gasteiger partial charge < -0.3 is 4.90 Å². The Kier molecular flexibility index (Phi) is 3.94. The van der Waals surface area contributed by atoms with E-state index in [9.17, 15) is 22.0 Å². The average Bonchev–Trinajstić information content (AvgIpc) is 2.20. The lowest BCUT2D eigenvalue weighted by Crippen LogP contribution is -2.24. The van der Waals surface area contributed by atoms with Crippen LogP contribution < -0.4 is 5.14 Å². The van der Waals surface area contributed by atoms with E-state index in [0.29, 0.717) is 6.07 Å². The number of benzene rings is 1. The number of nitrogens with zero attached hydrogens (tertiary/aromatic N) is 1. The van der Waals surface area contributed by atoms with Crippen LogP contribution in [0.25, 0.3) is 0 Å². The van der Waals surface area contributed by atoms with Crippen LogP contribution in [0, 0.1) is 11.6 Å². The summed E-state index contributed by atoms with van der Waals surface area (Å²) in [6.45, 7) is 0. The molecule has 9 heteroatoms. The molecule has 18 heavy (non-hydrogen) atoms. The molecule has 0 fully saturated rings. The molecule has 1 rings (SSSR count). The summed E-state index contributed by atoms with van der Waals surface area (Å²) < 4.78 is 48.9. The zero-order valence-corrected chi connectivity index (χ0v) is 10.9. The smallest absolute Gasteiger partial charge is 0.255 e. The third-order valence-electron chi connectivity index (χ3n) is 2.04. The fourth-order valence-corrected chi connectivity index (χ4v) is 2.47. The molecule has 1 aromatic carbocycles. The second-order valence-corrected chi connectivity index (χ2v) is 5.48. The van der Waals surface area contributed by atoms with Crippen molar-refractivity contribution in [2.45, 2.75) is 4.90 Å². The van der Waals surface area contributed by atoms with E-state index in [0.717, 1.165) is 4.90 Å². The molecule has 100 valence electrons. The van der Waals surface area contributed by atoms with Gasteiger partial charge in [0.1, 0.15) is 4.90 Å². The van der Waals surface area contributed by atoms with Crippen molar-refractivity contribution in [2.75, 3.05) is 14.1 Å². The molecule has 0 atom stereocenters. The van der Waals surface area contributed by atoms with E-state index in [1.807, 2.05) is 0 Å². The number of carbonyl (C=O) groups is 1. The number of hydrogen-bond acceptors (Lipinski definition) is 3. The van der Waals surface area contributed by atoms with Crippen LogP contribution in [0.3, 0.4) is 0 Å². The molecule has 0 radical (unpaired) electrons. The van der Waals surface area contributed by atoms with E-state index >= 15 is 0 Å². The largest absolute Gasteiger partial charge is 0.345 e. The molecule has 0 aliphatic carbocycles. The zero-order valence-electron chi connectivity index (χ0n) is 9.37. The highest BCUT2D eigenvalue weighted by Crippen LogP contribution is 2.29. The molecule has 1 aromatic rings. The number of nitrogens with two attached hydrogens (primary N) is 1. The average molecular weight is 299 g/mol. The lowest BCUT2D eigenvalue weighted by atomic mass is 10.2. The number of amides is 1. The van der Waals surface area contributed by atoms with Crippen LogP contribution in [0.4, 0.5) is 8.78 Å². The highest BCUT2D eigenvalue weighted by Gasteiger charge is 2.28. The van der Waals surface area contributed by atoms with Crippen molar-refractivity contribution in [3.05, 3.63) is 28.3 Å². The summed E-state index contributed by atoms with van der Waals surface area (Å²) in [5.74, 6) is -4.00. The molecule has 0 spiro atoms. The van der Waals surface area contributed by atoms with Crippen LogP contribution in [0.15, 0.2) is 11.0 Å². The van der Waals surface area contributed by atoms with E-state index in [2.05, 4.69) is 0 Å². The number of carbonyl (C=O) groups excluding carboxylic acids is 1. The molecule has 0 aliphatic heterocycles. The Bertz CT molecular complexity index is 617. The maximum absolute atomic E-state index is 13.4. The summed E-state index contributed by atoms with van der Waals surface area (Å²) in [6.07, 6.45) is 0. The Morgan fingerprint density at radius 3 is 2.28 bits per heavy atom. The second kappa shape index (κ2) is 4.79. The van der Waals surface area contributed by atoms with Gasteiger partial charge in [-0.25, -0.2) is 22.3 Å². The molecule has 2 N–H and O–H groups in total.